The predicted molar refractivity (Wildman–Crippen MR) is 112 cm³/mol. The summed E-state index contributed by atoms with van der Waals surface area (Å²) in [6.45, 7) is 4.61. The Morgan fingerprint density at radius 3 is 2.03 bits per heavy atom. The lowest BCUT2D eigenvalue weighted by molar-refractivity contribution is -0.122. The van der Waals surface area contributed by atoms with Crippen LogP contribution in [0.5, 0.6) is 5.75 Å². The van der Waals surface area contributed by atoms with Crippen molar-refractivity contribution in [2.24, 2.45) is 23.7 Å². The molecule has 2 aromatic carbocycles. The zero-order valence-corrected chi connectivity index (χ0v) is 16.5. The van der Waals surface area contributed by atoms with Crippen LogP contribution in [0.2, 0.25) is 0 Å². The Kier molecular flexibility index (Phi) is 4.16. The summed E-state index contributed by atoms with van der Waals surface area (Å²) in [7, 11) is 0. The summed E-state index contributed by atoms with van der Waals surface area (Å²) in [4.78, 5) is 28.0. The van der Waals surface area contributed by atoms with Gasteiger partial charge in [0.25, 0.3) is 0 Å². The van der Waals surface area contributed by atoms with E-state index in [0.717, 1.165) is 11.3 Å². The van der Waals surface area contributed by atoms with Crippen LogP contribution in [0.3, 0.4) is 0 Å². The summed E-state index contributed by atoms with van der Waals surface area (Å²) in [5.41, 5.74) is 4.21. The highest BCUT2D eigenvalue weighted by molar-refractivity contribution is 6.23. The molecular formula is C25H23NO3. The first kappa shape index (κ1) is 17.9. The lowest BCUT2D eigenvalue weighted by Gasteiger charge is -2.20. The van der Waals surface area contributed by atoms with Gasteiger partial charge in [0.1, 0.15) is 5.75 Å². The van der Waals surface area contributed by atoms with Crippen LogP contribution in [0.15, 0.2) is 72.3 Å². The van der Waals surface area contributed by atoms with Gasteiger partial charge in [-0.2, -0.15) is 0 Å². The average molecular weight is 385 g/mol. The fourth-order valence-corrected chi connectivity index (χ4v) is 5.23. The summed E-state index contributed by atoms with van der Waals surface area (Å²) in [5.74, 6) is -0.00102. The van der Waals surface area contributed by atoms with Crippen LogP contribution in [-0.2, 0) is 9.59 Å². The Hall–Kier alpha value is -3.14. The monoisotopic (exact) mass is 385 g/mol. The lowest BCUT2D eigenvalue weighted by atomic mass is 9.85. The highest BCUT2D eigenvalue weighted by Crippen LogP contribution is 2.58. The molecule has 2 bridgehead atoms. The summed E-state index contributed by atoms with van der Waals surface area (Å²) in [5, 5.41) is 0. The second-order valence-corrected chi connectivity index (χ2v) is 7.87. The molecule has 5 rings (SSSR count). The van der Waals surface area contributed by atoms with E-state index in [1.165, 1.54) is 16.0 Å². The molecule has 146 valence electrons. The second-order valence-electron chi connectivity index (χ2n) is 7.87. The van der Waals surface area contributed by atoms with Crippen molar-refractivity contribution in [3.8, 4) is 5.75 Å². The number of ether oxygens (including phenoxy) is 1. The number of imide groups is 1. The molecular weight excluding hydrogens is 362 g/mol. The van der Waals surface area contributed by atoms with E-state index in [1.54, 1.807) is 12.1 Å². The maximum atomic E-state index is 13.3. The minimum Gasteiger partial charge on any atom is -0.494 e. The second kappa shape index (κ2) is 6.73. The van der Waals surface area contributed by atoms with Crippen LogP contribution in [0.4, 0.5) is 5.69 Å². The number of carbonyl (C=O) groups excluding carboxylic acids is 2. The molecule has 1 aliphatic heterocycles. The molecule has 4 atom stereocenters. The number of rotatable bonds is 4. The van der Waals surface area contributed by atoms with Gasteiger partial charge in [-0.25, -0.2) is 4.90 Å². The van der Waals surface area contributed by atoms with E-state index in [-0.39, 0.29) is 35.5 Å². The van der Waals surface area contributed by atoms with Crippen molar-refractivity contribution in [2.75, 3.05) is 11.5 Å². The number of allylic oxidation sites excluding steroid dienone is 4. The van der Waals surface area contributed by atoms with Crippen LogP contribution < -0.4 is 9.64 Å². The Balaban J connectivity index is 1.49. The summed E-state index contributed by atoms with van der Waals surface area (Å²) in [6.07, 6.45) is 4.25. The molecule has 4 nitrogen and oxygen atoms in total. The molecule has 0 unspecified atom stereocenters. The molecule has 1 saturated heterocycles. The fourth-order valence-electron chi connectivity index (χ4n) is 5.23. The van der Waals surface area contributed by atoms with Crippen LogP contribution in [0.1, 0.15) is 19.4 Å². The summed E-state index contributed by atoms with van der Waals surface area (Å²) >= 11 is 0. The third-order valence-corrected chi connectivity index (χ3v) is 6.46. The third-order valence-electron chi connectivity index (χ3n) is 6.46. The number of hydrogen-bond donors (Lipinski definition) is 0. The number of fused-ring (bicyclic) bond motifs is 5. The SMILES string of the molecule is CCOc1ccc(N2C(=O)[C@H]3[C@H](C2=O)[C@H]2C=C[C@H]3C2=C(C)c2ccccc2)cc1. The van der Waals surface area contributed by atoms with Gasteiger partial charge < -0.3 is 4.74 Å². The minimum atomic E-state index is -0.294. The Bertz CT molecular complexity index is 1000. The van der Waals surface area contributed by atoms with Gasteiger partial charge in [0.05, 0.1) is 24.1 Å². The van der Waals surface area contributed by atoms with E-state index in [0.29, 0.717) is 12.3 Å². The summed E-state index contributed by atoms with van der Waals surface area (Å²) in [6, 6.07) is 17.4. The molecule has 1 saturated carbocycles. The van der Waals surface area contributed by atoms with Crippen molar-refractivity contribution >= 4 is 23.1 Å². The lowest BCUT2D eigenvalue weighted by Crippen LogP contribution is -2.33. The number of nitrogens with zero attached hydrogens (tertiary/aromatic N) is 1. The van der Waals surface area contributed by atoms with Gasteiger partial charge in [0.15, 0.2) is 0 Å². The van der Waals surface area contributed by atoms with E-state index < -0.39 is 0 Å². The quantitative estimate of drug-likeness (QED) is 0.576. The Labute approximate surface area is 170 Å². The first-order valence-electron chi connectivity index (χ1n) is 10.2. The maximum absolute atomic E-state index is 13.3. The highest BCUT2D eigenvalue weighted by atomic mass is 16.5. The number of anilines is 1. The van der Waals surface area contributed by atoms with Crippen molar-refractivity contribution < 1.29 is 14.3 Å². The van der Waals surface area contributed by atoms with Gasteiger partial charge in [0.2, 0.25) is 11.8 Å². The third kappa shape index (κ3) is 2.59. The maximum Gasteiger partial charge on any atom is 0.238 e. The van der Waals surface area contributed by atoms with Crippen molar-refractivity contribution in [3.63, 3.8) is 0 Å². The fraction of sp³-hybridized carbons (Fsp3) is 0.280. The zero-order valence-electron chi connectivity index (χ0n) is 16.5. The average Bonchev–Trinajstić information content (AvgIpc) is 3.39. The molecule has 29 heavy (non-hydrogen) atoms. The van der Waals surface area contributed by atoms with Crippen molar-refractivity contribution in [1.29, 1.82) is 0 Å². The van der Waals surface area contributed by atoms with Crippen molar-refractivity contribution in [2.45, 2.75) is 13.8 Å². The normalized spacial score (nSPS) is 27.0. The van der Waals surface area contributed by atoms with E-state index in [4.69, 9.17) is 4.74 Å². The molecule has 0 N–H and O–H groups in total. The molecule has 2 amide bonds. The number of hydrogen-bond acceptors (Lipinski definition) is 3. The van der Waals surface area contributed by atoms with Crippen LogP contribution in [0, 0.1) is 23.7 Å². The number of benzene rings is 2. The Morgan fingerprint density at radius 1 is 0.897 bits per heavy atom. The van der Waals surface area contributed by atoms with Gasteiger partial charge in [-0.1, -0.05) is 48.1 Å². The van der Waals surface area contributed by atoms with E-state index in [2.05, 4.69) is 31.2 Å². The molecule has 2 fully saturated rings. The van der Waals surface area contributed by atoms with Gasteiger partial charge in [-0.05, 0) is 49.2 Å². The first-order chi connectivity index (χ1) is 14.1. The highest BCUT2D eigenvalue weighted by Gasteiger charge is 2.62. The van der Waals surface area contributed by atoms with Gasteiger partial charge in [-0.15, -0.1) is 0 Å². The molecule has 1 heterocycles. The van der Waals surface area contributed by atoms with Gasteiger partial charge in [-0.3, -0.25) is 9.59 Å². The number of amides is 2. The van der Waals surface area contributed by atoms with Crippen LogP contribution >= 0.6 is 0 Å². The molecule has 2 aliphatic carbocycles. The van der Waals surface area contributed by atoms with E-state index >= 15 is 0 Å². The zero-order chi connectivity index (χ0) is 20.1. The van der Waals surface area contributed by atoms with Gasteiger partial charge in [0, 0.05) is 11.8 Å². The standard InChI is InChI=1S/C25H23NO3/c1-3-29-18-11-9-17(10-12-18)26-24(27)22-19-13-14-20(23(22)25(26)28)21(19)15(2)16-7-5-4-6-8-16/h4-14,19-20,22-23H,3H2,1-2H3/t19-,20-,22+,23+/m0/s1. The largest absolute Gasteiger partial charge is 0.494 e. The van der Waals surface area contributed by atoms with Crippen LogP contribution in [0.25, 0.3) is 5.57 Å². The minimum absolute atomic E-state index is 0.00866. The van der Waals surface area contributed by atoms with E-state index in [1.807, 2.05) is 37.3 Å². The van der Waals surface area contributed by atoms with Crippen LogP contribution in [-0.4, -0.2) is 18.4 Å². The smallest absolute Gasteiger partial charge is 0.238 e. The summed E-state index contributed by atoms with van der Waals surface area (Å²) < 4.78 is 5.47. The molecule has 3 aliphatic rings. The molecule has 0 aromatic heterocycles. The molecule has 0 radical (unpaired) electrons. The topological polar surface area (TPSA) is 46.6 Å². The van der Waals surface area contributed by atoms with Crippen molar-refractivity contribution in [1.82, 2.24) is 0 Å². The number of carbonyl (C=O) groups is 2. The molecule has 4 heteroatoms. The predicted octanol–water partition coefficient (Wildman–Crippen LogP) is 4.48. The van der Waals surface area contributed by atoms with Crippen molar-refractivity contribution in [3.05, 3.63) is 77.9 Å². The Morgan fingerprint density at radius 2 is 1.48 bits per heavy atom. The molecule has 0 spiro atoms. The first-order valence-corrected chi connectivity index (χ1v) is 10.2. The van der Waals surface area contributed by atoms with E-state index in [9.17, 15) is 9.59 Å². The molecule has 2 aromatic rings. The van der Waals surface area contributed by atoms with Gasteiger partial charge >= 0.3 is 0 Å².